The maximum absolute atomic E-state index is 13.0. The molecule has 3 heterocycles. The number of morpholine rings is 1. The van der Waals surface area contributed by atoms with Crippen molar-refractivity contribution in [1.29, 1.82) is 0 Å². The SMILES string of the molecule is CCOc1ccc2nc(N3CCN(C(=O)c4ccc(S(=O)(=O)N5CCOCC5)cc4)CC3)sc2c1. The zero-order valence-corrected chi connectivity index (χ0v) is 21.2. The number of thiazole rings is 1. The number of benzene rings is 2. The third-order valence-corrected chi connectivity index (χ3v) is 9.20. The molecule has 0 atom stereocenters. The maximum atomic E-state index is 13.0. The van der Waals surface area contributed by atoms with Crippen LogP contribution in [0.4, 0.5) is 5.13 Å². The Morgan fingerprint density at radius 1 is 1.03 bits per heavy atom. The Morgan fingerprint density at radius 3 is 2.43 bits per heavy atom. The predicted octanol–water partition coefficient (Wildman–Crippen LogP) is 2.68. The van der Waals surface area contributed by atoms with E-state index in [-0.39, 0.29) is 10.8 Å². The first-order chi connectivity index (χ1) is 17.0. The van der Waals surface area contributed by atoms with Crippen LogP contribution in [-0.4, -0.2) is 87.6 Å². The molecule has 9 nitrogen and oxygen atoms in total. The molecule has 11 heteroatoms. The van der Waals surface area contributed by atoms with Gasteiger partial charge in [0.15, 0.2) is 5.13 Å². The number of hydrogen-bond donors (Lipinski definition) is 0. The van der Waals surface area contributed by atoms with Crippen molar-refractivity contribution in [2.24, 2.45) is 0 Å². The number of carbonyl (C=O) groups is 1. The van der Waals surface area contributed by atoms with Crippen LogP contribution in [0, 0.1) is 0 Å². The second kappa shape index (κ2) is 10.1. The fourth-order valence-corrected chi connectivity index (χ4v) is 6.73. The van der Waals surface area contributed by atoms with Crippen molar-refractivity contribution in [2.45, 2.75) is 11.8 Å². The number of piperazine rings is 1. The van der Waals surface area contributed by atoms with Crippen molar-refractivity contribution in [1.82, 2.24) is 14.2 Å². The molecule has 3 aromatic rings. The number of sulfonamides is 1. The number of aromatic nitrogens is 1. The molecule has 35 heavy (non-hydrogen) atoms. The number of hydrogen-bond acceptors (Lipinski definition) is 8. The molecule has 0 saturated carbocycles. The minimum absolute atomic E-state index is 0.0920. The Bertz CT molecular complexity index is 1300. The lowest BCUT2D eigenvalue weighted by Gasteiger charge is -2.34. The van der Waals surface area contributed by atoms with E-state index in [1.54, 1.807) is 23.5 Å². The summed E-state index contributed by atoms with van der Waals surface area (Å²) in [6, 6.07) is 12.2. The van der Waals surface area contributed by atoms with E-state index in [2.05, 4.69) is 4.90 Å². The third-order valence-electron chi connectivity index (χ3n) is 6.21. The van der Waals surface area contributed by atoms with Crippen LogP contribution in [0.25, 0.3) is 10.2 Å². The normalized spacial score (nSPS) is 17.6. The van der Waals surface area contributed by atoms with Crippen molar-refractivity contribution in [2.75, 3.05) is 64.0 Å². The Balaban J connectivity index is 1.22. The van der Waals surface area contributed by atoms with E-state index >= 15 is 0 Å². The van der Waals surface area contributed by atoms with Crippen molar-refractivity contribution in [3.05, 3.63) is 48.0 Å². The Morgan fingerprint density at radius 2 is 1.74 bits per heavy atom. The summed E-state index contributed by atoms with van der Waals surface area (Å²) in [5.74, 6) is 0.750. The average molecular weight is 517 g/mol. The van der Waals surface area contributed by atoms with Crippen LogP contribution in [-0.2, 0) is 14.8 Å². The molecule has 1 aromatic heterocycles. The van der Waals surface area contributed by atoms with E-state index < -0.39 is 10.0 Å². The lowest BCUT2D eigenvalue weighted by Crippen LogP contribution is -2.48. The summed E-state index contributed by atoms with van der Waals surface area (Å²) in [4.78, 5) is 22.0. The van der Waals surface area contributed by atoms with Gasteiger partial charge in [0.25, 0.3) is 5.91 Å². The molecule has 0 spiro atoms. The molecule has 2 fully saturated rings. The van der Waals surface area contributed by atoms with Crippen molar-refractivity contribution >= 4 is 42.6 Å². The number of ether oxygens (including phenoxy) is 2. The van der Waals surface area contributed by atoms with Crippen LogP contribution in [0.15, 0.2) is 47.4 Å². The maximum Gasteiger partial charge on any atom is 0.253 e. The standard InChI is InChI=1S/C24H28N4O5S2/c1-2-33-19-5-8-21-22(17-19)34-24(25-21)27-11-9-26(10-12-27)23(29)18-3-6-20(7-4-18)35(30,31)28-13-15-32-16-14-28/h3-8,17H,2,9-16H2,1H3. The van der Waals surface area contributed by atoms with Crippen LogP contribution in [0.3, 0.4) is 0 Å². The van der Waals surface area contributed by atoms with Gasteiger partial charge in [-0.15, -0.1) is 0 Å². The average Bonchev–Trinajstić information content (AvgIpc) is 3.33. The van der Waals surface area contributed by atoms with Gasteiger partial charge in [0, 0.05) is 44.8 Å². The molecule has 186 valence electrons. The summed E-state index contributed by atoms with van der Waals surface area (Å²) < 4.78 is 39.0. The van der Waals surface area contributed by atoms with E-state index in [0.717, 1.165) is 21.1 Å². The predicted molar refractivity (Wildman–Crippen MR) is 135 cm³/mol. The minimum atomic E-state index is -3.58. The fourth-order valence-electron chi connectivity index (χ4n) is 4.27. The number of anilines is 1. The van der Waals surface area contributed by atoms with E-state index in [9.17, 15) is 13.2 Å². The Kier molecular flexibility index (Phi) is 6.92. The lowest BCUT2D eigenvalue weighted by molar-refractivity contribution is 0.0730. The second-order valence-corrected chi connectivity index (χ2v) is 11.3. The topological polar surface area (TPSA) is 92.3 Å². The summed E-state index contributed by atoms with van der Waals surface area (Å²) in [5, 5.41) is 0.943. The molecular formula is C24H28N4O5S2. The van der Waals surface area contributed by atoms with Gasteiger partial charge in [-0.3, -0.25) is 4.79 Å². The van der Waals surface area contributed by atoms with Gasteiger partial charge in [-0.2, -0.15) is 4.31 Å². The summed E-state index contributed by atoms with van der Waals surface area (Å²) in [5.41, 5.74) is 1.43. The van der Waals surface area contributed by atoms with Gasteiger partial charge >= 0.3 is 0 Å². The molecule has 5 rings (SSSR count). The van der Waals surface area contributed by atoms with Crippen LogP contribution in [0.5, 0.6) is 5.75 Å². The molecule has 2 saturated heterocycles. The van der Waals surface area contributed by atoms with E-state index in [1.807, 2.05) is 30.0 Å². The smallest absolute Gasteiger partial charge is 0.253 e. The first-order valence-corrected chi connectivity index (χ1v) is 14.0. The molecular weight excluding hydrogens is 488 g/mol. The molecule has 0 bridgehead atoms. The number of fused-ring (bicyclic) bond motifs is 1. The van der Waals surface area contributed by atoms with Crippen LogP contribution in [0.2, 0.25) is 0 Å². The highest BCUT2D eigenvalue weighted by Crippen LogP contribution is 2.32. The van der Waals surface area contributed by atoms with E-state index in [4.69, 9.17) is 14.5 Å². The van der Waals surface area contributed by atoms with Gasteiger partial charge in [0.1, 0.15) is 5.75 Å². The molecule has 2 aromatic carbocycles. The first kappa shape index (κ1) is 24.0. The van der Waals surface area contributed by atoms with Gasteiger partial charge in [0.2, 0.25) is 10.0 Å². The van der Waals surface area contributed by atoms with Gasteiger partial charge < -0.3 is 19.3 Å². The number of rotatable bonds is 6. The fraction of sp³-hybridized carbons (Fsp3) is 0.417. The zero-order valence-electron chi connectivity index (χ0n) is 19.6. The van der Waals surface area contributed by atoms with Crippen LogP contribution < -0.4 is 9.64 Å². The lowest BCUT2D eigenvalue weighted by atomic mass is 10.2. The largest absolute Gasteiger partial charge is 0.494 e. The quantitative estimate of drug-likeness (QED) is 0.497. The first-order valence-electron chi connectivity index (χ1n) is 11.7. The summed E-state index contributed by atoms with van der Waals surface area (Å²) in [6.45, 7) is 6.59. The highest BCUT2D eigenvalue weighted by atomic mass is 32.2. The zero-order chi connectivity index (χ0) is 24.4. The minimum Gasteiger partial charge on any atom is -0.494 e. The number of amides is 1. The molecule has 2 aliphatic heterocycles. The van der Waals surface area contributed by atoms with Gasteiger partial charge in [-0.25, -0.2) is 13.4 Å². The molecule has 0 aliphatic carbocycles. The Labute approximate surface area is 208 Å². The second-order valence-electron chi connectivity index (χ2n) is 8.38. The Hall–Kier alpha value is -2.73. The summed E-state index contributed by atoms with van der Waals surface area (Å²) >= 11 is 1.63. The van der Waals surface area contributed by atoms with Gasteiger partial charge in [-0.1, -0.05) is 11.3 Å². The monoisotopic (exact) mass is 516 g/mol. The van der Waals surface area contributed by atoms with Crippen molar-refractivity contribution < 1.29 is 22.7 Å². The van der Waals surface area contributed by atoms with Gasteiger partial charge in [-0.05, 0) is 49.4 Å². The van der Waals surface area contributed by atoms with Crippen LogP contribution >= 0.6 is 11.3 Å². The molecule has 0 radical (unpaired) electrons. The van der Waals surface area contributed by atoms with E-state index in [1.165, 1.54) is 16.4 Å². The summed E-state index contributed by atoms with van der Waals surface area (Å²) in [6.07, 6.45) is 0. The van der Waals surface area contributed by atoms with Crippen molar-refractivity contribution in [3.63, 3.8) is 0 Å². The molecule has 0 N–H and O–H groups in total. The molecule has 0 unspecified atom stereocenters. The third kappa shape index (κ3) is 4.99. The number of carbonyl (C=O) groups excluding carboxylic acids is 1. The van der Waals surface area contributed by atoms with E-state index in [0.29, 0.717) is 64.7 Å². The molecule has 2 aliphatic rings. The highest BCUT2D eigenvalue weighted by molar-refractivity contribution is 7.89. The van der Waals surface area contributed by atoms with Gasteiger partial charge in [0.05, 0.1) is 34.9 Å². The van der Waals surface area contributed by atoms with Crippen molar-refractivity contribution in [3.8, 4) is 5.75 Å². The van der Waals surface area contributed by atoms with Crippen LogP contribution in [0.1, 0.15) is 17.3 Å². The summed E-state index contributed by atoms with van der Waals surface area (Å²) in [7, 11) is -3.58. The molecule has 1 amide bonds. The highest BCUT2D eigenvalue weighted by Gasteiger charge is 2.28. The number of nitrogens with zero attached hydrogens (tertiary/aromatic N) is 4.